The Labute approximate surface area is 157 Å². The first-order valence-corrected chi connectivity index (χ1v) is 10.1. The smallest absolute Gasteiger partial charge is 0.253 e. The summed E-state index contributed by atoms with van der Waals surface area (Å²) in [6.45, 7) is 10.4. The van der Waals surface area contributed by atoms with Gasteiger partial charge in [-0.15, -0.1) is 0 Å². The number of amides is 1. The molecule has 142 valence electrons. The molecule has 1 heterocycles. The lowest BCUT2D eigenvalue weighted by Gasteiger charge is -2.26. The van der Waals surface area contributed by atoms with E-state index in [9.17, 15) is 4.79 Å². The Bertz CT molecular complexity index is 779. The first-order chi connectivity index (χ1) is 12.3. The van der Waals surface area contributed by atoms with Crippen molar-refractivity contribution in [2.45, 2.75) is 71.8 Å². The van der Waals surface area contributed by atoms with E-state index in [1.165, 1.54) is 32.1 Å². The first kappa shape index (κ1) is 18.9. The molecule has 3 rings (SSSR count). The molecule has 0 saturated heterocycles. The van der Waals surface area contributed by atoms with E-state index in [1.54, 1.807) is 4.90 Å². The molecule has 0 N–H and O–H groups in total. The van der Waals surface area contributed by atoms with E-state index >= 15 is 0 Å². The van der Waals surface area contributed by atoms with Crippen molar-refractivity contribution in [1.29, 1.82) is 0 Å². The SMILES string of the molecule is CCN(C)C(=O)c1ccc2c(c1)nc(C(C)(C)C)n2CC1CCCCC1. The van der Waals surface area contributed by atoms with Gasteiger partial charge in [0, 0.05) is 31.1 Å². The van der Waals surface area contributed by atoms with Gasteiger partial charge >= 0.3 is 0 Å². The molecule has 1 saturated carbocycles. The van der Waals surface area contributed by atoms with Crippen LogP contribution >= 0.6 is 0 Å². The van der Waals surface area contributed by atoms with Crippen LogP contribution in [0.25, 0.3) is 11.0 Å². The molecule has 1 amide bonds. The number of carbonyl (C=O) groups excluding carboxylic acids is 1. The number of nitrogens with zero attached hydrogens (tertiary/aromatic N) is 3. The van der Waals surface area contributed by atoms with Crippen molar-refractivity contribution in [1.82, 2.24) is 14.5 Å². The van der Waals surface area contributed by atoms with E-state index in [-0.39, 0.29) is 11.3 Å². The molecule has 0 radical (unpaired) electrons. The fraction of sp³-hybridized carbons (Fsp3) is 0.636. The number of benzene rings is 1. The summed E-state index contributed by atoms with van der Waals surface area (Å²) in [5, 5.41) is 0. The minimum atomic E-state index is -0.0158. The van der Waals surface area contributed by atoms with Crippen LogP contribution in [0.5, 0.6) is 0 Å². The minimum absolute atomic E-state index is 0.0158. The zero-order chi connectivity index (χ0) is 18.9. The summed E-state index contributed by atoms with van der Waals surface area (Å²) >= 11 is 0. The van der Waals surface area contributed by atoms with Crippen LogP contribution in [0.15, 0.2) is 18.2 Å². The van der Waals surface area contributed by atoms with Crippen LogP contribution in [0, 0.1) is 5.92 Å². The van der Waals surface area contributed by atoms with Crippen molar-refractivity contribution < 1.29 is 4.79 Å². The number of hydrogen-bond acceptors (Lipinski definition) is 2. The van der Waals surface area contributed by atoms with E-state index in [2.05, 4.69) is 31.4 Å². The molecule has 4 nitrogen and oxygen atoms in total. The average molecular weight is 356 g/mol. The lowest BCUT2D eigenvalue weighted by molar-refractivity contribution is 0.0802. The highest BCUT2D eigenvalue weighted by molar-refractivity contribution is 5.97. The standard InChI is InChI=1S/C22H33N3O/c1-6-24(5)20(26)17-12-13-19-18(14-17)23-21(22(2,3)4)25(19)15-16-10-8-7-9-11-16/h12-14,16H,6-11,15H2,1-5H3. The van der Waals surface area contributed by atoms with Gasteiger partial charge in [0.25, 0.3) is 5.91 Å². The van der Waals surface area contributed by atoms with E-state index in [0.717, 1.165) is 34.9 Å². The third kappa shape index (κ3) is 3.79. The molecular formula is C22H33N3O. The maximum Gasteiger partial charge on any atom is 0.253 e. The number of hydrogen-bond donors (Lipinski definition) is 0. The van der Waals surface area contributed by atoms with Crippen molar-refractivity contribution in [3.63, 3.8) is 0 Å². The number of aromatic nitrogens is 2. The molecular weight excluding hydrogens is 322 g/mol. The third-order valence-corrected chi connectivity index (χ3v) is 5.65. The van der Waals surface area contributed by atoms with E-state index < -0.39 is 0 Å². The first-order valence-electron chi connectivity index (χ1n) is 10.1. The summed E-state index contributed by atoms with van der Waals surface area (Å²) in [6, 6.07) is 6.02. The van der Waals surface area contributed by atoms with Crippen molar-refractivity contribution in [2.24, 2.45) is 5.92 Å². The normalized spacial score (nSPS) is 16.2. The molecule has 26 heavy (non-hydrogen) atoms. The van der Waals surface area contributed by atoms with Gasteiger partial charge in [0.05, 0.1) is 11.0 Å². The number of rotatable bonds is 4. The van der Waals surface area contributed by atoms with Crippen LogP contribution in [0.2, 0.25) is 0 Å². The van der Waals surface area contributed by atoms with Crippen LogP contribution in [-0.4, -0.2) is 34.0 Å². The van der Waals surface area contributed by atoms with Crippen LogP contribution in [0.3, 0.4) is 0 Å². The third-order valence-electron chi connectivity index (χ3n) is 5.65. The number of fused-ring (bicyclic) bond motifs is 1. The predicted molar refractivity (Wildman–Crippen MR) is 108 cm³/mol. The van der Waals surface area contributed by atoms with Gasteiger partial charge in [0.2, 0.25) is 0 Å². The van der Waals surface area contributed by atoms with Crippen LogP contribution in [-0.2, 0) is 12.0 Å². The Hall–Kier alpha value is -1.84. The zero-order valence-electron chi connectivity index (χ0n) is 17.0. The highest BCUT2D eigenvalue weighted by Crippen LogP contribution is 2.31. The highest BCUT2D eigenvalue weighted by Gasteiger charge is 2.25. The molecule has 0 bridgehead atoms. The summed E-state index contributed by atoms with van der Waals surface area (Å²) in [6.07, 6.45) is 6.72. The largest absolute Gasteiger partial charge is 0.342 e. The van der Waals surface area contributed by atoms with Crippen LogP contribution in [0.4, 0.5) is 0 Å². The average Bonchev–Trinajstić information content (AvgIpc) is 2.99. The molecule has 0 atom stereocenters. The summed E-state index contributed by atoms with van der Waals surface area (Å²) in [4.78, 5) is 19.2. The molecule has 2 aromatic rings. The van der Waals surface area contributed by atoms with Gasteiger partial charge in [-0.05, 0) is 43.9 Å². The van der Waals surface area contributed by atoms with Crippen molar-refractivity contribution >= 4 is 16.9 Å². The highest BCUT2D eigenvalue weighted by atomic mass is 16.2. The van der Waals surface area contributed by atoms with Crippen molar-refractivity contribution in [3.05, 3.63) is 29.6 Å². The maximum atomic E-state index is 12.5. The van der Waals surface area contributed by atoms with E-state index in [1.807, 2.05) is 26.1 Å². The number of carbonyl (C=O) groups is 1. The lowest BCUT2D eigenvalue weighted by atomic mass is 9.88. The monoisotopic (exact) mass is 355 g/mol. The van der Waals surface area contributed by atoms with Gasteiger partial charge in [-0.2, -0.15) is 0 Å². The number of imidazole rings is 1. The molecule has 1 fully saturated rings. The lowest BCUT2D eigenvalue weighted by Crippen LogP contribution is -2.26. The van der Waals surface area contributed by atoms with Crippen LogP contribution in [0.1, 0.15) is 76.0 Å². The van der Waals surface area contributed by atoms with Crippen molar-refractivity contribution in [2.75, 3.05) is 13.6 Å². The molecule has 1 aliphatic carbocycles. The quantitative estimate of drug-likeness (QED) is 0.773. The fourth-order valence-corrected chi connectivity index (χ4v) is 4.01. The summed E-state index contributed by atoms with van der Waals surface area (Å²) < 4.78 is 2.42. The van der Waals surface area contributed by atoms with Crippen molar-refractivity contribution in [3.8, 4) is 0 Å². The van der Waals surface area contributed by atoms with Crippen LogP contribution < -0.4 is 0 Å². The molecule has 0 unspecified atom stereocenters. The minimum Gasteiger partial charge on any atom is -0.342 e. The Morgan fingerprint density at radius 3 is 2.54 bits per heavy atom. The molecule has 1 aliphatic rings. The van der Waals surface area contributed by atoms with Gasteiger partial charge in [-0.1, -0.05) is 40.0 Å². The van der Waals surface area contributed by atoms with Gasteiger partial charge in [0.1, 0.15) is 5.82 Å². The Kier molecular flexibility index (Phi) is 5.40. The zero-order valence-corrected chi connectivity index (χ0v) is 17.0. The Morgan fingerprint density at radius 1 is 1.23 bits per heavy atom. The fourth-order valence-electron chi connectivity index (χ4n) is 4.01. The maximum absolute atomic E-state index is 12.5. The van der Waals surface area contributed by atoms with E-state index in [4.69, 9.17) is 4.98 Å². The predicted octanol–water partition coefficient (Wildman–Crippen LogP) is 5.01. The second-order valence-electron chi connectivity index (χ2n) is 8.82. The second kappa shape index (κ2) is 7.42. The topological polar surface area (TPSA) is 38.1 Å². The Morgan fingerprint density at radius 2 is 1.92 bits per heavy atom. The van der Waals surface area contributed by atoms with Gasteiger partial charge in [-0.25, -0.2) is 4.98 Å². The van der Waals surface area contributed by atoms with E-state index in [0.29, 0.717) is 6.54 Å². The van der Waals surface area contributed by atoms with Gasteiger partial charge < -0.3 is 9.47 Å². The second-order valence-corrected chi connectivity index (χ2v) is 8.82. The molecule has 4 heteroatoms. The molecule has 0 aliphatic heterocycles. The Balaban J connectivity index is 2.02. The molecule has 0 spiro atoms. The van der Waals surface area contributed by atoms with Gasteiger partial charge in [0.15, 0.2) is 0 Å². The molecule has 1 aromatic heterocycles. The summed E-state index contributed by atoms with van der Waals surface area (Å²) in [5.74, 6) is 1.94. The molecule has 1 aromatic carbocycles. The van der Waals surface area contributed by atoms with Gasteiger partial charge in [-0.3, -0.25) is 4.79 Å². The summed E-state index contributed by atoms with van der Waals surface area (Å²) in [7, 11) is 1.84. The summed E-state index contributed by atoms with van der Waals surface area (Å²) in [5.41, 5.74) is 2.82.